The molecular formula is C20H22N6O2S3. The molecule has 0 aliphatic heterocycles. The first-order valence-corrected chi connectivity index (χ1v) is 12.3. The predicted molar refractivity (Wildman–Crippen MR) is 125 cm³/mol. The van der Waals surface area contributed by atoms with Crippen molar-refractivity contribution in [3.63, 3.8) is 0 Å². The molecule has 0 radical (unpaired) electrons. The highest BCUT2D eigenvalue weighted by atomic mass is 32.2. The van der Waals surface area contributed by atoms with E-state index in [-0.39, 0.29) is 5.91 Å². The van der Waals surface area contributed by atoms with Crippen LogP contribution in [-0.2, 0) is 24.0 Å². The van der Waals surface area contributed by atoms with Crippen molar-refractivity contribution >= 4 is 56.5 Å². The van der Waals surface area contributed by atoms with Crippen LogP contribution in [0.15, 0.2) is 21.9 Å². The van der Waals surface area contributed by atoms with E-state index in [9.17, 15) is 4.79 Å². The quantitative estimate of drug-likeness (QED) is 0.299. The van der Waals surface area contributed by atoms with Crippen LogP contribution in [0.2, 0.25) is 0 Å². The Labute approximate surface area is 192 Å². The summed E-state index contributed by atoms with van der Waals surface area (Å²) in [5.41, 5.74) is 3.76. The summed E-state index contributed by atoms with van der Waals surface area (Å²) < 4.78 is 7.97. The second-order valence-electron chi connectivity index (χ2n) is 6.92. The molecule has 4 rings (SSSR count). The molecule has 11 heteroatoms. The van der Waals surface area contributed by atoms with Gasteiger partial charge in [-0.25, -0.2) is 9.67 Å². The molecule has 0 aromatic carbocycles. The molecule has 0 saturated heterocycles. The SMILES string of the molecule is COc1nn(C)c2nc(C)c(CCC(=O)Nc3nnc(SCc4cccs4)s3)c(C)c12. The summed E-state index contributed by atoms with van der Waals surface area (Å²) in [6.07, 6.45) is 0.901. The number of hydrogen-bond acceptors (Lipinski definition) is 9. The Bertz CT molecular complexity index is 1220. The summed E-state index contributed by atoms with van der Waals surface area (Å²) in [4.78, 5) is 18.5. The fourth-order valence-electron chi connectivity index (χ4n) is 3.37. The standard InChI is InChI=1S/C20H22N6O2S3/c1-11-14(12(2)21-17-16(11)18(28-4)25-26(17)3)7-8-15(27)22-19-23-24-20(31-19)30-10-13-6-5-9-29-13/h5-6,9H,7-8,10H2,1-4H3,(H,22,23,27). The third-order valence-electron chi connectivity index (χ3n) is 4.89. The number of aromatic nitrogens is 5. The number of thioether (sulfide) groups is 1. The number of hydrogen-bond donors (Lipinski definition) is 1. The van der Waals surface area contributed by atoms with Gasteiger partial charge in [-0.15, -0.1) is 26.6 Å². The number of fused-ring (bicyclic) bond motifs is 1. The lowest BCUT2D eigenvalue weighted by Crippen LogP contribution is -2.13. The molecule has 0 bridgehead atoms. The lowest BCUT2D eigenvalue weighted by Gasteiger charge is -2.11. The Morgan fingerprint density at radius 2 is 2.16 bits per heavy atom. The minimum absolute atomic E-state index is 0.0944. The Morgan fingerprint density at radius 1 is 1.32 bits per heavy atom. The zero-order valence-corrected chi connectivity index (χ0v) is 20.1. The summed E-state index contributed by atoms with van der Waals surface area (Å²) in [6, 6.07) is 4.13. The Hall–Kier alpha value is -2.50. The van der Waals surface area contributed by atoms with E-state index >= 15 is 0 Å². The number of amides is 1. The molecule has 0 atom stereocenters. The van der Waals surface area contributed by atoms with Crippen LogP contribution < -0.4 is 10.1 Å². The lowest BCUT2D eigenvalue weighted by molar-refractivity contribution is -0.116. The lowest BCUT2D eigenvalue weighted by atomic mass is 10.00. The molecule has 8 nitrogen and oxygen atoms in total. The van der Waals surface area contributed by atoms with Crippen molar-refractivity contribution in [1.82, 2.24) is 25.0 Å². The summed E-state index contributed by atoms with van der Waals surface area (Å²) in [6.45, 7) is 3.98. The van der Waals surface area contributed by atoms with Gasteiger partial charge < -0.3 is 10.1 Å². The minimum Gasteiger partial charge on any atom is -0.479 e. The van der Waals surface area contributed by atoms with E-state index in [1.165, 1.54) is 16.2 Å². The van der Waals surface area contributed by atoms with Crippen molar-refractivity contribution in [3.8, 4) is 5.88 Å². The van der Waals surface area contributed by atoms with Crippen molar-refractivity contribution in [2.45, 2.75) is 36.8 Å². The first kappa shape index (κ1) is 21.7. The molecule has 0 aliphatic carbocycles. The number of methoxy groups -OCH3 is 1. The number of carbonyl (C=O) groups excluding carboxylic acids is 1. The second-order valence-corrected chi connectivity index (χ2v) is 10.2. The van der Waals surface area contributed by atoms with Crippen molar-refractivity contribution in [1.29, 1.82) is 0 Å². The number of rotatable bonds is 8. The molecule has 0 spiro atoms. The third-order valence-corrected chi connectivity index (χ3v) is 7.97. The topological polar surface area (TPSA) is 94.8 Å². The van der Waals surface area contributed by atoms with Gasteiger partial charge in [0.1, 0.15) is 0 Å². The summed E-state index contributed by atoms with van der Waals surface area (Å²) in [5, 5.41) is 19.0. The van der Waals surface area contributed by atoms with Crippen LogP contribution >= 0.6 is 34.4 Å². The first-order valence-electron chi connectivity index (χ1n) is 9.61. The molecule has 0 aliphatic rings. The van der Waals surface area contributed by atoms with Gasteiger partial charge in [0.15, 0.2) is 9.99 Å². The van der Waals surface area contributed by atoms with Gasteiger partial charge in [-0.2, -0.15) is 0 Å². The van der Waals surface area contributed by atoms with Crippen LogP contribution in [0.5, 0.6) is 5.88 Å². The minimum atomic E-state index is -0.0944. The van der Waals surface area contributed by atoms with Gasteiger partial charge in [-0.3, -0.25) is 4.79 Å². The van der Waals surface area contributed by atoms with Gasteiger partial charge in [0.2, 0.25) is 16.9 Å². The maximum atomic E-state index is 12.5. The summed E-state index contributed by atoms with van der Waals surface area (Å²) in [7, 11) is 3.45. The maximum absolute atomic E-state index is 12.5. The summed E-state index contributed by atoms with van der Waals surface area (Å²) in [5.74, 6) is 1.31. The number of ether oxygens (including phenoxy) is 1. The van der Waals surface area contributed by atoms with Crippen molar-refractivity contribution in [3.05, 3.63) is 39.2 Å². The van der Waals surface area contributed by atoms with Crippen molar-refractivity contribution in [2.24, 2.45) is 7.05 Å². The average molecular weight is 475 g/mol. The zero-order valence-electron chi connectivity index (χ0n) is 17.6. The van der Waals surface area contributed by atoms with Crippen LogP contribution in [0.25, 0.3) is 11.0 Å². The number of carbonyl (C=O) groups is 1. The van der Waals surface area contributed by atoms with E-state index in [4.69, 9.17) is 4.74 Å². The number of pyridine rings is 1. The Morgan fingerprint density at radius 3 is 2.90 bits per heavy atom. The molecule has 1 N–H and O–H groups in total. The van der Waals surface area contributed by atoms with E-state index in [1.807, 2.05) is 27.0 Å². The molecule has 162 valence electrons. The van der Waals surface area contributed by atoms with E-state index in [0.717, 1.165) is 37.9 Å². The molecule has 4 aromatic heterocycles. The zero-order chi connectivity index (χ0) is 22.0. The molecule has 0 unspecified atom stereocenters. The van der Waals surface area contributed by atoms with Crippen LogP contribution in [0, 0.1) is 13.8 Å². The normalized spacial score (nSPS) is 11.2. The largest absolute Gasteiger partial charge is 0.479 e. The molecule has 31 heavy (non-hydrogen) atoms. The summed E-state index contributed by atoms with van der Waals surface area (Å²) >= 11 is 4.74. The monoisotopic (exact) mass is 474 g/mol. The maximum Gasteiger partial charge on any atom is 0.242 e. The molecule has 0 saturated carbocycles. The highest BCUT2D eigenvalue weighted by Crippen LogP contribution is 2.31. The fourth-order valence-corrected chi connectivity index (χ4v) is 5.92. The van der Waals surface area contributed by atoms with Crippen LogP contribution in [0.1, 0.15) is 28.1 Å². The van der Waals surface area contributed by atoms with E-state index in [1.54, 1.807) is 34.9 Å². The number of nitrogens with zero attached hydrogens (tertiary/aromatic N) is 5. The van der Waals surface area contributed by atoms with Gasteiger partial charge >= 0.3 is 0 Å². The van der Waals surface area contributed by atoms with Gasteiger partial charge in [0.05, 0.1) is 12.5 Å². The number of anilines is 1. The van der Waals surface area contributed by atoms with Crippen LogP contribution in [-0.4, -0.2) is 38.0 Å². The van der Waals surface area contributed by atoms with Gasteiger partial charge in [-0.05, 0) is 42.8 Å². The van der Waals surface area contributed by atoms with Crippen molar-refractivity contribution < 1.29 is 9.53 Å². The average Bonchev–Trinajstić information content (AvgIpc) is 3.47. The highest BCUT2D eigenvalue weighted by Gasteiger charge is 2.19. The van der Waals surface area contributed by atoms with E-state index in [2.05, 4.69) is 37.0 Å². The molecule has 0 fully saturated rings. The van der Waals surface area contributed by atoms with Crippen LogP contribution in [0.3, 0.4) is 0 Å². The van der Waals surface area contributed by atoms with Crippen LogP contribution in [0.4, 0.5) is 5.13 Å². The highest BCUT2D eigenvalue weighted by molar-refractivity contribution is 8.00. The smallest absolute Gasteiger partial charge is 0.242 e. The van der Waals surface area contributed by atoms with Gasteiger partial charge in [-0.1, -0.05) is 29.2 Å². The van der Waals surface area contributed by atoms with E-state index < -0.39 is 0 Å². The van der Waals surface area contributed by atoms with Gasteiger partial charge in [0, 0.05) is 29.8 Å². The number of thiophene rings is 1. The Kier molecular flexibility index (Phi) is 6.54. The second kappa shape index (κ2) is 9.33. The Balaban J connectivity index is 1.39. The van der Waals surface area contributed by atoms with E-state index in [0.29, 0.717) is 23.9 Å². The molecule has 4 heterocycles. The molecular weight excluding hydrogens is 452 g/mol. The van der Waals surface area contributed by atoms with Crippen molar-refractivity contribution in [2.75, 3.05) is 12.4 Å². The van der Waals surface area contributed by atoms with Gasteiger partial charge in [0.25, 0.3) is 0 Å². The third kappa shape index (κ3) is 4.73. The fraction of sp³-hybridized carbons (Fsp3) is 0.350. The predicted octanol–water partition coefficient (Wildman–Crippen LogP) is 4.37. The number of nitrogens with one attached hydrogen (secondary N) is 1. The molecule has 4 aromatic rings. The molecule has 1 amide bonds. The first-order chi connectivity index (χ1) is 15.0. The number of aryl methyl sites for hydroxylation is 3.